The van der Waals surface area contributed by atoms with E-state index >= 15 is 0 Å². The lowest BCUT2D eigenvalue weighted by atomic mass is 10.1. The molecule has 0 bridgehead atoms. The fourth-order valence-electron chi connectivity index (χ4n) is 2.64. The molecule has 1 amide bonds. The first-order chi connectivity index (χ1) is 12.2. The van der Waals surface area contributed by atoms with Gasteiger partial charge in [-0.05, 0) is 12.1 Å². The average Bonchev–Trinajstić information content (AvgIpc) is 3.24. The van der Waals surface area contributed by atoms with E-state index in [-0.39, 0.29) is 12.5 Å². The molecule has 7 nitrogen and oxygen atoms in total. The Bertz CT molecular complexity index is 1050. The molecule has 25 heavy (non-hydrogen) atoms. The van der Waals surface area contributed by atoms with Gasteiger partial charge in [0.25, 0.3) is 0 Å². The molecule has 4 aromatic rings. The van der Waals surface area contributed by atoms with Crippen LogP contribution in [0.25, 0.3) is 22.2 Å². The second kappa shape index (κ2) is 6.20. The molecule has 0 aliphatic carbocycles. The summed E-state index contributed by atoms with van der Waals surface area (Å²) in [5.74, 6) is 0.485. The summed E-state index contributed by atoms with van der Waals surface area (Å²) in [5.41, 5.74) is 2.64. The Morgan fingerprint density at radius 2 is 2.00 bits per heavy atom. The number of para-hydroxylation sites is 1. The minimum atomic E-state index is -0.162. The van der Waals surface area contributed by atoms with Gasteiger partial charge in [0.05, 0.1) is 23.6 Å². The van der Waals surface area contributed by atoms with Crippen molar-refractivity contribution in [3.05, 3.63) is 61.1 Å². The molecule has 0 unspecified atom stereocenters. The average molecular weight is 332 g/mol. The van der Waals surface area contributed by atoms with E-state index in [0.717, 1.165) is 22.2 Å². The predicted octanol–water partition coefficient (Wildman–Crippen LogP) is 2.47. The number of hydrogen-bond acceptors (Lipinski definition) is 4. The van der Waals surface area contributed by atoms with Gasteiger partial charge in [0.2, 0.25) is 5.91 Å². The van der Waals surface area contributed by atoms with E-state index in [1.54, 1.807) is 34.9 Å². The summed E-state index contributed by atoms with van der Waals surface area (Å²) in [7, 11) is 1.77. The summed E-state index contributed by atoms with van der Waals surface area (Å²) < 4.78 is 3.20. The fourth-order valence-corrected chi connectivity index (χ4v) is 2.64. The molecule has 1 N–H and O–H groups in total. The van der Waals surface area contributed by atoms with E-state index in [1.807, 2.05) is 42.6 Å². The summed E-state index contributed by atoms with van der Waals surface area (Å²) >= 11 is 0. The molecule has 1 aromatic carbocycles. The zero-order chi connectivity index (χ0) is 17.2. The van der Waals surface area contributed by atoms with Crippen LogP contribution in [0, 0.1) is 0 Å². The van der Waals surface area contributed by atoms with Crippen LogP contribution in [-0.4, -0.2) is 30.5 Å². The lowest BCUT2D eigenvalue weighted by Gasteiger charge is -2.05. The first-order valence-corrected chi connectivity index (χ1v) is 7.85. The Labute approximate surface area is 143 Å². The van der Waals surface area contributed by atoms with Crippen LogP contribution in [0.15, 0.2) is 61.1 Å². The number of carbonyl (C=O) groups excluding carboxylic acids is 1. The van der Waals surface area contributed by atoms with Gasteiger partial charge in [0.1, 0.15) is 12.4 Å². The standard InChI is InChI=1S/C18H16N6O/c1-23-17(8-9-19-23)22-18(25)12-24-11-14(10-20-24)16-7-6-13-4-2-3-5-15(13)21-16/h2-11H,12H2,1H3,(H,22,25). The zero-order valence-corrected chi connectivity index (χ0v) is 13.6. The van der Waals surface area contributed by atoms with Crippen molar-refractivity contribution in [1.29, 1.82) is 0 Å². The number of nitrogens with one attached hydrogen (secondary N) is 1. The third-order valence-corrected chi connectivity index (χ3v) is 3.92. The first-order valence-electron chi connectivity index (χ1n) is 7.85. The van der Waals surface area contributed by atoms with Gasteiger partial charge in [-0.2, -0.15) is 10.2 Å². The molecule has 3 aromatic heterocycles. The first kappa shape index (κ1) is 15.1. The highest BCUT2D eigenvalue weighted by Gasteiger charge is 2.09. The Hall–Kier alpha value is -3.48. The van der Waals surface area contributed by atoms with Gasteiger partial charge < -0.3 is 5.32 Å². The van der Waals surface area contributed by atoms with Crippen molar-refractivity contribution in [3.8, 4) is 11.3 Å². The van der Waals surface area contributed by atoms with Gasteiger partial charge in [0, 0.05) is 30.3 Å². The molecule has 0 aliphatic heterocycles. The van der Waals surface area contributed by atoms with Crippen molar-refractivity contribution >= 4 is 22.6 Å². The lowest BCUT2D eigenvalue weighted by Crippen LogP contribution is -2.20. The molecule has 0 fully saturated rings. The van der Waals surface area contributed by atoms with Gasteiger partial charge in [-0.3, -0.25) is 14.2 Å². The van der Waals surface area contributed by atoms with E-state index in [4.69, 9.17) is 0 Å². The van der Waals surface area contributed by atoms with Crippen molar-refractivity contribution in [2.24, 2.45) is 7.05 Å². The Kier molecular flexibility index (Phi) is 3.74. The quantitative estimate of drug-likeness (QED) is 0.623. The predicted molar refractivity (Wildman–Crippen MR) is 94.8 cm³/mol. The van der Waals surface area contributed by atoms with Gasteiger partial charge in [-0.1, -0.05) is 24.3 Å². The van der Waals surface area contributed by atoms with Gasteiger partial charge >= 0.3 is 0 Å². The molecular weight excluding hydrogens is 316 g/mol. The Morgan fingerprint density at radius 1 is 1.12 bits per heavy atom. The highest BCUT2D eigenvalue weighted by Crippen LogP contribution is 2.20. The zero-order valence-electron chi connectivity index (χ0n) is 13.6. The van der Waals surface area contributed by atoms with E-state index in [0.29, 0.717) is 5.82 Å². The van der Waals surface area contributed by atoms with Crippen LogP contribution in [-0.2, 0) is 18.4 Å². The molecule has 124 valence electrons. The number of benzene rings is 1. The number of aromatic nitrogens is 5. The van der Waals surface area contributed by atoms with Gasteiger partial charge in [-0.15, -0.1) is 0 Å². The number of nitrogens with zero attached hydrogens (tertiary/aromatic N) is 5. The van der Waals surface area contributed by atoms with Crippen LogP contribution in [0.1, 0.15) is 0 Å². The number of aryl methyl sites for hydroxylation is 1. The molecule has 0 saturated heterocycles. The SMILES string of the molecule is Cn1nccc1NC(=O)Cn1cc(-c2ccc3ccccc3n2)cn1. The van der Waals surface area contributed by atoms with Crippen LogP contribution in [0.3, 0.4) is 0 Å². The van der Waals surface area contributed by atoms with Crippen LogP contribution >= 0.6 is 0 Å². The van der Waals surface area contributed by atoms with Crippen molar-refractivity contribution < 1.29 is 4.79 Å². The number of hydrogen-bond donors (Lipinski definition) is 1. The van der Waals surface area contributed by atoms with Crippen molar-refractivity contribution in [2.75, 3.05) is 5.32 Å². The summed E-state index contributed by atoms with van der Waals surface area (Å²) in [5, 5.41) is 12.2. The highest BCUT2D eigenvalue weighted by molar-refractivity contribution is 5.89. The van der Waals surface area contributed by atoms with E-state index in [9.17, 15) is 4.79 Å². The lowest BCUT2D eigenvalue weighted by molar-refractivity contribution is -0.116. The van der Waals surface area contributed by atoms with Crippen LogP contribution in [0.2, 0.25) is 0 Å². The number of amides is 1. The highest BCUT2D eigenvalue weighted by atomic mass is 16.2. The van der Waals surface area contributed by atoms with Crippen molar-refractivity contribution in [3.63, 3.8) is 0 Å². The molecule has 7 heteroatoms. The minimum Gasteiger partial charge on any atom is -0.309 e. The number of carbonyl (C=O) groups is 1. The Morgan fingerprint density at radius 3 is 2.84 bits per heavy atom. The maximum absolute atomic E-state index is 12.1. The smallest absolute Gasteiger partial charge is 0.247 e. The molecular formula is C18H16N6O. The van der Waals surface area contributed by atoms with Crippen molar-refractivity contribution in [1.82, 2.24) is 24.5 Å². The maximum atomic E-state index is 12.1. The molecule has 0 spiro atoms. The second-order valence-electron chi connectivity index (χ2n) is 5.70. The van der Waals surface area contributed by atoms with Crippen LogP contribution in [0.5, 0.6) is 0 Å². The van der Waals surface area contributed by atoms with E-state index in [2.05, 4.69) is 20.5 Å². The second-order valence-corrected chi connectivity index (χ2v) is 5.70. The normalized spacial score (nSPS) is 10.9. The molecule has 4 rings (SSSR count). The maximum Gasteiger partial charge on any atom is 0.247 e. The Balaban J connectivity index is 1.51. The number of pyridine rings is 1. The number of anilines is 1. The number of rotatable bonds is 4. The minimum absolute atomic E-state index is 0.124. The van der Waals surface area contributed by atoms with Crippen LogP contribution in [0.4, 0.5) is 5.82 Å². The van der Waals surface area contributed by atoms with Crippen LogP contribution < -0.4 is 5.32 Å². The molecule has 0 radical (unpaired) electrons. The third-order valence-electron chi connectivity index (χ3n) is 3.92. The summed E-state index contributed by atoms with van der Waals surface area (Å²) in [4.78, 5) is 16.8. The molecule has 0 saturated carbocycles. The van der Waals surface area contributed by atoms with Gasteiger partial charge in [-0.25, -0.2) is 4.98 Å². The topological polar surface area (TPSA) is 77.6 Å². The third kappa shape index (κ3) is 3.12. The van der Waals surface area contributed by atoms with E-state index in [1.165, 1.54) is 0 Å². The molecule has 0 aliphatic rings. The monoisotopic (exact) mass is 332 g/mol. The molecule has 0 atom stereocenters. The molecule has 3 heterocycles. The summed E-state index contributed by atoms with van der Waals surface area (Å²) in [6.45, 7) is 0.124. The summed E-state index contributed by atoms with van der Waals surface area (Å²) in [6, 6.07) is 13.7. The number of fused-ring (bicyclic) bond motifs is 1. The fraction of sp³-hybridized carbons (Fsp3) is 0.111. The van der Waals surface area contributed by atoms with Gasteiger partial charge in [0.15, 0.2) is 0 Å². The van der Waals surface area contributed by atoms with Crippen molar-refractivity contribution in [2.45, 2.75) is 6.54 Å². The summed E-state index contributed by atoms with van der Waals surface area (Å²) in [6.07, 6.45) is 5.17. The largest absolute Gasteiger partial charge is 0.309 e. The van der Waals surface area contributed by atoms with E-state index < -0.39 is 0 Å².